The van der Waals surface area contributed by atoms with E-state index in [1.165, 1.54) is 17.8 Å². The van der Waals surface area contributed by atoms with E-state index in [-0.39, 0.29) is 43.0 Å². The molecule has 0 radical (unpaired) electrons. The van der Waals surface area contributed by atoms with Crippen LogP contribution in [0.25, 0.3) is 11.2 Å². The summed E-state index contributed by atoms with van der Waals surface area (Å²) in [6, 6.07) is 0. The van der Waals surface area contributed by atoms with Gasteiger partial charge in [-0.05, 0) is 6.92 Å². The van der Waals surface area contributed by atoms with Crippen LogP contribution >= 0.6 is 7.60 Å². The van der Waals surface area contributed by atoms with Gasteiger partial charge in [0.1, 0.15) is 0 Å². The molecule has 0 spiro atoms. The van der Waals surface area contributed by atoms with Gasteiger partial charge in [0.25, 0.3) is 11.7 Å². The summed E-state index contributed by atoms with van der Waals surface area (Å²) in [5.74, 6) is -0.0936. The van der Waals surface area contributed by atoms with Crippen molar-refractivity contribution in [3.63, 3.8) is 0 Å². The summed E-state index contributed by atoms with van der Waals surface area (Å²) in [5, 5.41) is 0. The fourth-order valence-corrected chi connectivity index (χ4v) is 2.48. The molecule has 2 heterocycles. The van der Waals surface area contributed by atoms with Crippen LogP contribution in [0.3, 0.4) is 0 Å². The zero-order valence-electron chi connectivity index (χ0n) is 12.6. The molecular formula is C10H18FN6O5P. The largest absolute Gasteiger partial charge is 0.775 e. The van der Waals surface area contributed by atoms with E-state index in [1.54, 1.807) is 0 Å². The van der Waals surface area contributed by atoms with Crippen LogP contribution < -0.4 is 22.3 Å². The minimum atomic E-state index is -4.71. The molecule has 2 aromatic rings. The Balaban J connectivity index is 0.00000264. The fraction of sp³-hybridized carbons (Fsp3) is 0.500. The lowest BCUT2D eigenvalue weighted by molar-refractivity contribution is -0.218. The third-order valence-corrected chi connectivity index (χ3v) is 3.90. The van der Waals surface area contributed by atoms with Gasteiger partial charge in [0, 0.05) is 6.54 Å². The number of rotatable bonds is 7. The molecule has 7 N–H and O–H groups in total. The molecule has 11 nitrogen and oxygen atoms in total. The van der Waals surface area contributed by atoms with Gasteiger partial charge in [-0.1, -0.05) is 0 Å². The van der Waals surface area contributed by atoms with Crippen molar-refractivity contribution in [3.05, 3.63) is 16.7 Å². The maximum Gasteiger partial charge on any atom is 0.280 e. The molecule has 0 amide bonds. The zero-order chi connectivity index (χ0) is 16.3. The molecular weight excluding hydrogens is 334 g/mol. The maximum absolute atomic E-state index is 13.4. The molecule has 0 fully saturated rings. The highest BCUT2D eigenvalue weighted by Crippen LogP contribution is 2.44. The summed E-state index contributed by atoms with van der Waals surface area (Å²) < 4.78 is 34.9. The highest BCUT2D eigenvalue weighted by molar-refractivity contribution is 7.51. The molecule has 2 rings (SSSR count). The quantitative estimate of drug-likeness (QED) is 0.578. The lowest BCUT2D eigenvalue weighted by atomic mass is 10.5. The van der Waals surface area contributed by atoms with Crippen molar-refractivity contribution < 1.29 is 23.1 Å². The van der Waals surface area contributed by atoms with Crippen LogP contribution in [0.2, 0.25) is 0 Å². The van der Waals surface area contributed by atoms with Crippen molar-refractivity contribution in [1.29, 1.82) is 0 Å². The summed E-state index contributed by atoms with van der Waals surface area (Å²) in [6.07, 6.45) is -1.27. The molecule has 0 saturated carbocycles. The number of quaternary nitrogens is 1. The van der Waals surface area contributed by atoms with Crippen molar-refractivity contribution in [2.24, 2.45) is 0 Å². The Kier molecular flexibility index (Phi) is 6.36. The molecule has 130 valence electrons. The first kappa shape index (κ1) is 19.2. The minimum absolute atomic E-state index is 0. The molecule has 13 heteroatoms. The summed E-state index contributed by atoms with van der Waals surface area (Å²) in [5.41, 5.74) is 5.17. The van der Waals surface area contributed by atoms with Gasteiger partial charge in [0.2, 0.25) is 5.95 Å². The fourth-order valence-electron chi connectivity index (χ4n) is 1.71. The number of nitrogens with two attached hydrogens (primary N) is 1. The molecule has 0 bridgehead atoms. The monoisotopic (exact) mass is 352 g/mol. The van der Waals surface area contributed by atoms with Gasteiger partial charge in [0.05, 0.1) is 19.5 Å². The zero-order valence-corrected chi connectivity index (χ0v) is 13.5. The molecule has 2 aromatic heterocycles. The van der Waals surface area contributed by atoms with Crippen molar-refractivity contribution in [2.75, 3.05) is 18.9 Å². The van der Waals surface area contributed by atoms with Gasteiger partial charge in [-0.2, -0.15) is 4.98 Å². The molecule has 0 aliphatic heterocycles. The summed E-state index contributed by atoms with van der Waals surface area (Å²) in [4.78, 5) is 32.8. The predicted molar refractivity (Wildman–Crippen MR) is 78.6 cm³/mol. The number of nitrogens with zero attached hydrogens (tertiary/aromatic N) is 3. The van der Waals surface area contributed by atoms with Crippen LogP contribution in [0.15, 0.2) is 11.1 Å². The van der Waals surface area contributed by atoms with Crippen molar-refractivity contribution >= 4 is 24.7 Å². The predicted octanol–water partition coefficient (Wildman–Crippen LogP) is -0.0624. The first-order chi connectivity index (χ1) is 10.3. The smallest absolute Gasteiger partial charge is 0.280 e. The Bertz CT molecular complexity index is 764. The van der Waals surface area contributed by atoms with Crippen LogP contribution in [0, 0.1) is 0 Å². The summed E-state index contributed by atoms with van der Waals surface area (Å²) in [7, 11) is -4.71. The van der Waals surface area contributed by atoms with Gasteiger partial charge >= 0.3 is 0 Å². The van der Waals surface area contributed by atoms with Gasteiger partial charge in [-0.3, -0.25) is 9.78 Å². The molecule has 0 aliphatic rings. The Hall–Kier alpha value is -1.85. The highest BCUT2D eigenvalue weighted by Gasteiger charge is 2.23. The number of H-pyrrole nitrogens is 1. The number of nitrogens with one attached hydrogen (secondary N) is 1. The van der Waals surface area contributed by atoms with E-state index in [9.17, 15) is 18.6 Å². The van der Waals surface area contributed by atoms with Gasteiger partial charge in [-0.15, -0.1) is 0 Å². The maximum atomic E-state index is 13.4. The number of alkyl halides is 1. The first-order valence-electron chi connectivity index (χ1n) is 6.26. The number of imidazole rings is 1. The molecule has 0 aliphatic carbocycles. The number of hydrogen-bond acceptors (Lipinski definition) is 8. The van der Waals surface area contributed by atoms with Gasteiger partial charge in [0.15, 0.2) is 18.8 Å². The number of aromatic nitrogens is 4. The van der Waals surface area contributed by atoms with E-state index in [0.29, 0.717) is 0 Å². The first-order valence-corrected chi connectivity index (χ1v) is 7.88. The lowest BCUT2D eigenvalue weighted by Crippen LogP contribution is -2.20. The number of anilines is 1. The van der Waals surface area contributed by atoms with Crippen molar-refractivity contribution in [2.45, 2.75) is 19.6 Å². The number of nitrogen functional groups attached to an aromatic ring is 1. The average molecular weight is 352 g/mol. The van der Waals surface area contributed by atoms with Crippen LogP contribution in [-0.2, 0) is 20.4 Å². The summed E-state index contributed by atoms with van der Waals surface area (Å²) in [6.45, 7) is 0.977. The van der Waals surface area contributed by atoms with E-state index in [0.717, 1.165) is 0 Å². The Morgan fingerprint density at radius 2 is 2.30 bits per heavy atom. The van der Waals surface area contributed by atoms with Crippen molar-refractivity contribution in [1.82, 2.24) is 25.7 Å². The van der Waals surface area contributed by atoms with E-state index in [2.05, 4.69) is 24.2 Å². The second-order valence-corrected chi connectivity index (χ2v) is 5.93. The molecule has 23 heavy (non-hydrogen) atoms. The van der Waals surface area contributed by atoms with Crippen LogP contribution in [0.1, 0.15) is 6.92 Å². The Morgan fingerprint density at radius 1 is 1.61 bits per heavy atom. The second-order valence-electron chi connectivity index (χ2n) is 4.18. The van der Waals surface area contributed by atoms with E-state index >= 15 is 0 Å². The average Bonchev–Trinajstić information content (AvgIpc) is 2.82. The van der Waals surface area contributed by atoms with Crippen LogP contribution in [0.5, 0.6) is 0 Å². The van der Waals surface area contributed by atoms with E-state index in [4.69, 9.17) is 5.73 Å². The number of aromatic amines is 1. The lowest BCUT2D eigenvalue weighted by Gasteiger charge is -2.25. The molecule has 0 saturated heterocycles. The van der Waals surface area contributed by atoms with Gasteiger partial charge in [-0.25, -0.2) is 9.37 Å². The number of fused-ring (bicyclic) bond motifs is 1. The molecule has 0 aromatic carbocycles. The SMILES string of the molecule is CCOP(=O)([O-])C(F)OCCn1cnc2c(=O)[nH]c(N)nc21.[NH4+]. The van der Waals surface area contributed by atoms with Crippen LogP contribution in [-0.4, -0.2) is 38.8 Å². The number of ether oxygens (including phenoxy) is 1. The summed E-state index contributed by atoms with van der Waals surface area (Å²) >= 11 is 0. The number of halogens is 1. The minimum Gasteiger partial charge on any atom is -0.775 e. The molecule has 2 unspecified atom stereocenters. The van der Waals surface area contributed by atoms with Gasteiger partial charge < -0.3 is 35.2 Å². The third kappa shape index (κ3) is 4.33. The van der Waals surface area contributed by atoms with Crippen LogP contribution in [0.4, 0.5) is 10.3 Å². The van der Waals surface area contributed by atoms with E-state index < -0.39 is 19.3 Å². The normalized spacial score (nSPS) is 15.1. The Morgan fingerprint density at radius 3 is 2.96 bits per heavy atom. The number of hydrogen-bond donors (Lipinski definition) is 3. The standard InChI is InChI=1S/C10H15FN5O5P.H3N/c1-2-21-22(18,19)9(11)20-4-3-16-5-13-6-7(16)14-10(12)15-8(6)17;/h5,9H,2-4H2,1H3,(H,18,19)(H3,12,14,15,17);1H3. The Labute approximate surface area is 129 Å². The molecule has 2 atom stereocenters. The third-order valence-electron chi connectivity index (χ3n) is 2.64. The topological polar surface area (TPSA) is 185 Å². The van der Waals surface area contributed by atoms with Crippen molar-refractivity contribution in [3.8, 4) is 0 Å². The highest BCUT2D eigenvalue weighted by atomic mass is 31.2. The second kappa shape index (κ2) is 7.62. The van der Waals surface area contributed by atoms with E-state index in [1.807, 2.05) is 0 Å².